The summed E-state index contributed by atoms with van der Waals surface area (Å²) in [5.41, 5.74) is 1.02. The molecule has 2 N–H and O–H groups in total. The van der Waals surface area contributed by atoms with E-state index in [1.54, 1.807) is 0 Å². The van der Waals surface area contributed by atoms with Crippen LogP contribution in [0.3, 0.4) is 0 Å². The van der Waals surface area contributed by atoms with Gasteiger partial charge in [0, 0.05) is 6.42 Å². The number of rotatable bonds is 22. The highest BCUT2D eigenvalue weighted by Crippen LogP contribution is 2.29. The molecule has 1 aromatic heterocycles. The van der Waals surface area contributed by atoms with Crippen LogP contribution in [0, 0.1) is 3.95 Å². The monoisotopic (exact) mass is 549 g/mol. The van der Waals surface area contributed by atoms with Gasteiger partial charge in [0.15, 0.2) is 3.95 Å². The van der Waals surface area contributed by atoms with Gasteiger partial charge in [0.2, 0.25) is 5.88 Å². The molecule has 0 fully saturated rings. The molecule has 0 atom stereocenters. The maximum absolute atomic E-state index is 11.0. The number of unbranched alkanes of at least 4 members (excludes halogenated alkanes) is 15. The van der Waals surface area contributed by atoms with E-state index in [0.29, 0.717) is 15.3 Å². The maximum Gasteiger partial charge on any atom is 0.323 e. The van der Waals surface area contributed by atoms with Crippen LogP contribution in [0.25, 0.3) is 0 Å². The molecule has 2 aromatic rings. The van der Waals surface area contributed by atoms with E-state index in [1.807, 2.05) is 24.3 Å². The Morgan fingerprint density at radius 2 is 1.32 bits per heavy atom. The quantitative estimate of drug-likeness (QED) is 0.113. The Hall–Kier alpha value is -1.86. The number of carbonyl (C=O) groups is 1. The number of aromatic nitrogens is 1. The standard InChI is InChI=1S/C30H47NO4S2/c1-2-3-4-5-6-7-8-9-10-11-12-13-14-15-16-17-22-35-26-20-18-25(19-21-26)23-27-29(34)31(24-28(32)33)30(36)37-27/h18-21,34H,2-17,22-24H2,1H3,(H,32,33). The number of aromatic hydroxyl groups is 1. The molecule has 2 rings (SSSR count). The predicted molar refractivity (Wildman–Crippen MR) is 157 cm³/mol. The van der Waals surface area contributed by atoms with Gasteiger partial charge in [0.1, 0.15) is 12.3 Å². The van der Waals surface area contributed by atoms with E-state index in [9.17, 15) is 9.90 Å². The average Bonchev–Trinajstić information content (AvgIpc) is 3.13. The van der Waals surface area contributed by atoms with E-state index < -0.39 is 5.97 Å². The van der Waals surface area contributed by atoms with Crippen LogP contribution in [-0.4, -0.2) is 27.4 Å². The molecule has 0 saturated heterocycles. The van der Waals surface area contributed by atoms with Crippen LogP contribution < -0.4 is 4.74 Å². The number of ether oxygens (including phenoxy) is 1. The first-order valence-corrected chi connectivity index (χ1v) is 15.6. The second kappa shape index (κ2) is 19.2. The number of carboxylic acid groups (broad SMARTS) is 1. The van der Waals surface area contributed by atoms with E-state index in [0.717, 1.165) is 24.3 Å². The number of hydrogen-bond acceptors (Lipinski definition) is 5. The average molecular weight is 550 g/mol. The predicted octanol–water partition coefficient (Wildman–Crippen LogP) is 9.30. The Morgan fingerprint density at radius 1 is 0.838 bits per heavy atom. The normalized spacial score (nSPS) is 11.2. The van der Waals surface area contributed by atoms with Crippen molar-refractivity contribution in [2.75, 3.05) is 6.61 Å². The van der Waals surface area contributed by atoms with Crippen LogP contribution >= 0.6 is 23.6 Å². The second-order valence-electron chi connectivity index (χ2n) is 10.1. The molecule has 0 aliphatic carbocycles. The van der Waals surface area contributed by atoms with Crippen LogP contribution in [0.2, 0.25) is 0 Å². The molecular formula is C30H47NO4S2. The smallest absolute Gasteiger partial charge is 0.323 e. The highest BCUT2D eigenvalue weighted by molar-refractivity contribution is 7.73. The molecule has 0 unspecified atom stereocenters. The molecule has 37 heavy (non-hydrogen) atoms. The van der Waals surface area contributed by atoms with Crippen molar-refractivity contribution in [3.8, 4) is 11.6 Å². The fourth-order valence-electron chi connectivity index (χ4n) is 4.56. The van der Waals surface area contributed by atoms with Gasteiger partial charge in [-0.1, -0.05) is 115 Å². The molecule has 208 valence electrons. The molecule has 0 radical (unpaired) electrons. The molecule has 5 nitrogen and oxygen atoms in total. The lowest BCUT2D eigenvalue weighted by molar-refractivity contribution is -0.137. The SMILES string of the molecule is CCCCCCCCCCCCCCCCCCOc1ccc(Cc2sc(=S)n(CC(=O)O)c2O)cc1. The minimum atomic E-state index is -1.03. The van der Waals surface area contributed by atoms with Gasteiger partial charge >= 0.3 is 5.97 Å². The number of hydrogen-bond donors (Lipinski definition) is 2. The molecule has 0 spiro atoms. The van der Waals surface area contributed by atoms with Crippen molar-refractivity contribution >= 4 is 29.5 Å². The van der Waals surface area contributed by atoms with E-state index >= 15 is 0 Å². The van der Waals surface area contributed by atoms with Crippen LogP contribution in [0.15, 0.2) is 24.3 Å². The minimum Gasteiger partial charge on any atom is -0.494 e. The fraction of sp³-hybridized carbons (Fsp3) is 0.667. The second-order valence-corrected chi connectivity index (χ2v) is 11.8. The first kappa shape index (κ1) is 31.4. The van der Waals surface area contributed by atoms with Crippen molar-refractivity contribution in [2.24, 2.45) is 0 Å². The molecule has 0 saturated carbocycles. The van der Waals surface area contributed by atoms with Crippen molar-refractivity contribution in [3.63, 3.8) is 0 Å². The van der Waals surface area contributed by atoms with Crippen LogP contribution in [-0.2, 0) is 17.8 Å². The van der Waals surface area contributed by atoms with E-state index in [2.05, 4.69) is 6.92 Å². The molecule has 0 amide bonds. The van der Waals surface area contributed by atoms with Crippen molar-refractivity contribution in [1.29, 1.82) is 0 Å². The van der Waals surface area contributed by atoms with Crippen molar-refractivity contribution in [2.45, 2.75) is 123 Å². The van der Waals surface area contributed by atoms with Gasteiger partial charge in [0.05, 0.1) is 11.5 Å². The largest absolute Gasteiger partial charge is 0.494 e. The molecular weight excluding hydrogens is 502 g/mol. The highest BCUT2D eigenvalue weighted by Gasteiger charge is 2.14. The van der Waals surface area contributed by atoms with Gasteiger partial charge in [-0.15, -0.1) is 11.3 Å². The van der Waals surface area contributed by atoms with Crippen LogP contribution in [0.1, 0.15) is 120 Å². The van der Waals surface area contributed by atoms with Crippen LogP contribution in [0.4, 0.5) is 0 Å². The van der Waals surface area contributed by atoms with Gasteiger partial charge in [-0.25, -0.2) is 0 Å². The van der Waals surface area contributed by atoms with Crippen molar-refractivity contribution in [3.05, 3.63) is 38.7 Å². The lowest BCUT2D eigenvalue weighted by atomic mass is 10.0. The zero-order chi connectivity index (χ0) is 26.7. The first-order valence-electron chi connectivity index (χ1n) is 14.4. The van der Waals surface area contributed by atoms with E-state index in [1.165, 1.54) is 112 Å². The Morgan fingerprint density at radius 3 is 1.81 bits per heavy atom. The summed E-state index contributed by atoms with van der Waals surface area (Å²) in [7, 11) is 0. The van der Waals surface area contributed by atoms with Crippen LogP contribution in [0.5, 0.6) is 11.6 Å². The molecule has 0 aliphatic rings. The van der Waals surface area contributed by atoms with E-state index in [4.69, 9.17) is 22.1 Å². The van der Waals surface area contributed by atoms with Gasteiger partial charge in [-0.3, -0.25) is 9.36 Å². The maximum atomic E-state index is 11.0. The lowest BCUT2D eigenvalue weighted by Gasteiger charge is -2.08. The number of thiazole rings is 1. The third kappa shape index (κ3) is 13.5. The number of benzene rings is 1. The van der Waals surface area contributed by atoms with Gasteiger partial charge < -0.3 is 14.9 Å². The lowest BCUT2D eigenvalue weighted by Crippen LogP contribution is -2.08. The summed E-state index contributed by atoms with van der Waals surface area (Å²) in [5.74, 6) is -0.229. The third-order valence-corrected chi connectivity index (χ3v) is 8.22. The summed E-state index contributed by atoms with van der Waals surface area (Å²) in [4.78, 5) is 11.6. The summed E-state index contributed by atoms with van der Waals surface area (Å²) in [5, 5.41) is 19.3. The Balaban J connectivity index is 1.47. The zero-order valence-corrected chi connectivity index (χ0v) is 24.4. The summed E-state index contributed by atoms with van der Waals surface area (Å²) in [6, 6.07) is 7.86. The molecule has 7 heteroatoms. The Kier molecular flexibility index (Phi) is 16.3. The molecule has 1 heterocycles. The van der Waals surface area contributed by atoms with Gasteiger partial charge in [0.25, 0.3) is 0 Å². The minimum absolute atomic E-state index is 0.0544. The zero-order valence-electron chi connectivity index (χ0n) is 22.7. The Labute approximate surface area is 232 Å². The summed E-state index contributed by atoms with van der Waals surface area (Å²) >= 11 is 6.44. The fourth-order valence-corrected chi connectivity index (χ4v) is 5.93. The number of carboxylic acids is 1. The van der Waals surface area contributed by atoms with E-state index in [-0.39, 0.29) is 12.4 Å². The van der Waals surface area contributed by atoms with Gasteiger partial charge in [-0.2, -0.15) is 0 Å². The summed E-state index contributed by atoms with van der Waals surface area (Å²) in [6.45, 7) is 2.69. The summed E-state index contributed by atoms with van der Waals surface area (Å²) in [6.07, 6.45) is 22.3. The molecule has 0 bridgehead atoms. The third-order valence-electron chi connectivity index (χ3n) is 6.78. The van der Waals surface area contributed by atoms with Crippen molar-refractivity contribution in [1.82, 2.24) is 4.57 Å². The highest BCUT2D eigenvalue weighted by atomic mass is 32.1. The number of nitrogens with zero attached hydrogens (tertiary/aromatic N) is 1. The summed E-state index contributed by atoms with van der Waals surface area (Å²) < 4.78 is 7.51. The van der Waals surface area contributed by atoms with Gasteiger partial charge in [-0.05, 0) is 36.3 Å². The van der Waals surface area contributed by atoms with Crippen molar-refractivity contribution < 1.29 is 19.7 Å². The first-order chi connectivity index (χ1) is 18.0. The molecule has 1 aromatic carbocycles. The number of aliphatic carboxylic acids is 1. The Bertz CT molecular complexity index is 936. The topological polar surface area (TPSA) is 71.7 Å². The molecule has 0 aliphatic heterocycles.